The van der Waals surface area contributed by atoms with Crippen LogP contribution in [0.5, 0.6) is 0 Å². The van der Waals surface area contributed by atoms with E-state index in [-0.39, 0.29) is 24.0 Å². The van der Waals surface area contributed by atoms with Crippen LogP contribution < -0.4 is 10.6 Å². The van der Waals surface area contributed by atoms with E-state index in [0.29, 0.717) is 11.3 Å². The van der Waals surface area contributed by atoms with Crippen LogP contribution in [0.25, 0.3) is 0 Å². The number of nitrogens with zero attached hydrogens (tertiary/aromatic N) is 3. The quantitative estimate of drug-likeness (QED) is 0.842. The van der Waals surface area contributed by atoms with Crippen molar-refractivity contribution in [1.29, 1.82) is 0 Å². The highest BCUT2D eigenvalue weighted by Crippen LogP contribution is 2.32. The fraction of sp³-hybridized carbons (Fsp3) is 0.500. The van der Waals surface area contributed by atoms with Gasteiger partial charge in [0.05, 0.1) is 18.1 Å². The summed E-state index contributed by atoms with van der Waals surface area (Å²) in [4.78, 5) is 14.8. The normalized spacial score (nSPS) is 25.8. The minimum Gasteiger partial charge on any atom is -0.346 e. The van der Waals surface area contributed by atoms with E-state index in [2.05, 4.69) is 15.7 Å². The van der Waals surface area contributed by atoms with Crippen LogP contribution in [0.15, 0.2) is 30.5 Å². The summed E-state index contributed by atoms with van der Waals surface area (Å²) in [5, 5.41) is 10.8. The molecule has 0 spiro atoms. The largest absolute Gasteiger partial charge is 0.346 e. The molecule has 0 radical (unpaired) electrons. The molecule has 0 aliphatic carbocycles. The second-order valence-electron chi connectivity index (χ2n) is 7.65. The lowest BCUT2D eigenvalue weighted by Crippen LogP contribution is -2.39. The Kier molecular flexibility index (Phi) is 5.41. The molecular weight excluding hydrogens is 364 g/mol. The number of hydrogen-bond acceptors (Lipinski definition) is 4. The number of nitrogens with one attached hydrogen (secondary N) is 2. The molecule has 2 saturated heterocycles. The molecule has 2 fully saturated rings. The van der Waals surface area contributed by atoms with Gasteiger partial charge in [0.2, 0.25) is 0 Å². The Hall–Kier alpha value is -2.32. The number of carbonyl (C=O) groups is 1. The van der Waals surface area contributed by atoms with Gasteiger partial charge in [0.1, 0.15) is 5.69 Å². The summed E-state index contributed by atoms with van der Waals surface area (Å²) in [5.41, 5.74) is 1.03. The molecule has 3 heterocycles. The second kappa shape index (κ2) is 7.97. The predicted octanol–water partition coefficient (Wildman–Crippen LogP) is 2.26. The molecule has 6 nitrogen and oxygen atoms in total. The van der Waals surface area contributed by atoms with E-state index in [9.17, 15) is 13.6 Å². The maximum absolute atomic E-state index is 13.7. The molecule has 0 saturated carbocycles. The highest BCUT2D eigenvalue weighted by Gasteiger charge is 2.35. The van der Waals surface area contributed by atoms with Crippen LogP contribution in [-0.2, 0) is 0 Å². The number of amides is 1. The maximum atomic E-state index is 13.7. The summed E-state index contributed by atoms with van der Waals surface area (Å²) in [6.07, 6.45) is 4.72. The number of likely N-dealkylation sites (tertiary alicyclic amines) is 1. The van der Waals surface area contributed by atoms with Crippen molar-refractivity contribution in [3.8, 4) is 0 Å². The van der Waals surface area contributed by atoms with Crippen molar-refractivity contribution < 1.29 is 13.6 Å². The van der Waals surface area contributed by atoms with E-state index >= 15 is 0 Å². The Morgan fingerprint density at radius 1 is 1.25 bits per heavy atom. The van der Waals surface area contributed by atoms with Gasteiger partial charge in [0, 0.05) is 19.3 Å². The summed E-state index contributed by atoms with van der Waals surface area (Å²) in [6, 6.07) is 5.53. The van der Waals surface area contributed by atoms with Gasteiger partial charge in [-0.1, -0.05) is 6.07 Å². The molecule has 2 aromatic rings. The molecule has 3 unspecified atom stereocenters. The van der Waals surface area contributed by atoms with Gasteiger partial charge >= 0.3 is 0 Å². The van der Waals surface area contributed by atoms with Gasteiger partial charge in [0.25, 0.3) is 5.91 Å². The number of rotatable bonds is 4. The van der Waals surface area contributed by atoms with Gasteiger partial charge in [-0.15, -0.1) is 0 Å². The zero-order chi connectivity index (χ0) is 19.7. The van der Waals surface area contributed by atoms with Gasteiger partial charge in [-0.25, -0.2) is 8.78 Å². The molecule has 8 heteroatoms. The van der Waals surface area contributed by atoms with Gasteiger partial charge in [0.15, 0.2) is 11.6 Å². The van der Waals surface area contributed by atoms with E-state index < -0.39 is 11.6 Å². The van der Waals surface area contributed by atoms with Crippen molar-refractivity contribution in [2.45, 2.75) is 37.4 Å². The van der Waals surface area contributed by atoms with Crippen molar-refractivity contribution >= 4 is 5.91 Å². The molecule has 1 amide bonds. The van der Waals surface area contributed by atoms with E-state index in [4.69, 9.17) is 0 Å². The van der Waals surface area contributed by atoms with Gasteiger partial charge in [-0.2, -0.15) is 5.10 Å². The Morgan fingerprint density at radius 3 is 2.86 bits per heavy atom. The molecule has 28 heavy (non-hydrogen) atoms. The first-order valence-corrected chi connectivity index (χ1v) is 9.75. The monoisotopic (exact) mass is 389 g/mol. The lowest BCUT2D eigenvalue weighted by molar-refractivity contribution is 0.0921. The van der Waals surface area contributed by atoms with Crippen molar-refractivity contribution in [3.63, 3.8) is 0 Å². The third-order valence-corrected chi connectivity index (χ3v) is 5.74. The number of piperidine rings is 1. The van der Waals surface area contributed by atoms with Crippen molar-refractivity contribution in [2.24, 2.45) is 0 Å². The lowest BCUT2D eigenvalue weighted by atomic mass is 9.99. The number of halogens is 2. The molecule has 150 valence electrons. The molecule has 0 bridgehead atoms. The highest BCUT2D eigenvalue weighted by molar-refractivity contribution is 5.92. The van der Waals surface area contributed by atoms with Crippen LogP contribution in [0.4, 0.5) is 8.78 Å². The number of aromatic nitrogens is 2. The molecule has 2 aliphatic heterocycles. The molecule has 2 N–H and O–H groups in total. The van der Waals surface area contributed by atoms with E-state index in [1.54, 1.807) is 12.1 Å². The molecule has 1 aromatic carbocycles. The van der Waals surface area contributed by atoms with Crippen LogP contribution in [0.3, 0.4) is 0 Å². The van der Waals surface area contributed by atoms with Gasteiger partial charge in [-0.3, -0.25) is 14.4 Å². The maximum Gasteiger partial charge on any atom is 0.272 e. The summed E-state index contributed by atoms with van der Waals surface area (Å²) in [7, 11) is 1.92. The fourth-order valence-electron chi connectivity index (χ4n) is 4.25. The first kappa shape index (κ1) is 19.0. The van der Waals surface area contributed by atoms with Crippen LogP contribution in [0.1, 0.15) is 47.4 Å². The van der Waals surface area contributed by atoms with E-state index in [0.717, 1.165) is 45.0 Å². The van der Waals surface area contributed by atoms with E-state index in [1.807, 2.05) is 22.8 Å². The van der Waals surface area contributed by atoms with Crippen LogP contribution in [0.2, 0.25) is 0 Å². The molecule has 3 atom stereocenters. The standard InChI is InChI=1S/C20H25F2N5O/c1-26-9-6-17(19(26)13-4-5-15(21)16(22)11-13)24-20(28)18-7-10-27(25-18)14-3-2-8-23-12-14/h4-5,7,10-11,14,17,19,23H,2-3,6,8-9,12H2,1H3,(H,24,28). The molecule has 4 rings (SSSR count). The third-order valence-electron chi connectivity index (χ3n) is 5.74. The third kappa shape index (κ3) is 3.79. The van der Waals surface area contributed by atoms with Crippen molar-refractivity contribution in [3.05, 3.63) is 53.4 Å². The summed E-state index contributed by atoms with van der Waals surface area (Å²) >= 11 is 0. The topological polar surface area (TPSA) is 62.2 Å². The number of benzene rings is 1. The van der Waals surface area contributed by atoms with Gasteiger partial charge < -0.3 is 10.6 Å². The van der Waals surface area contributed by atoms with Crippen molar-refractivity contribution in [2.75, 3.05) is 26.7 Å². The summed E-state index contributed by atoms with van der Waals surface area (Å²) in [6.45, 7) is 2.64. The lowest BCUT2D eigenvalue weighted by Gasteiger charge is -2.26. The second-order valence-corrected chi connectivity index (χ2v) is 7.65. The minimum absolute atomic E-state index is 0.191. The smallest absolute Gasteiger partial charge is 0.272 e. The van der Waals surface area contributed by atoms with Gasteiger partial charge in [-0.05, 0) is 56.6 Å². The van der Waals surface area contributed by atoms with Crippen molar-refractivity contribution in [1.82, 2.24) is 25.3 Å². The van der Waals surface area contributed by atoms with E-state index in [1.165, 1.54) is 6.07 Å². The Labute approximate surface area is 162 Å². The van der Waals surface area contributed by atoms with Crippen LogP contribution in [-0.4, -0.2) is 53.3 Å². The first-order valence-electron chi connectivity index (χ1n) is 9.75. The number of carbonyl (C=O) groups excluding carboxylic acids is 1. The van der Waals surface area contributed by atoms with Crippen LogP contribution >= 0.6 is 0 Å². The Bertz CT molecular complexity index is 849. The zero-order valence-electron chi connectivity index (χ0n) is 15.9. The SMILES string of the molecule is CN1CCC(NC(=O)c2ccn(C3CCCNC3)n2)C1c1ccc(F)c(F)c1. The Morgan fingerprint density at radius 2 is 2.11 bits per heavy atom. The number of hydrogen-bond donors (Lipinski definition) is 2. The fourth-order valence-corrected chi connectivity index (χ4v) is 4.25. The minimum atomic E-state index is -0.872. The number of likely N-dealkylation sites (N-methyl/N-ethyl adjacent to an activating group) is 1. The zero-order valence-corrected chi connectivity index (χ0v) is 15.9. The average Bonchev–Trinajstić information content (AvgIpc) is 3.32. The first-order chi connectivity index (χ1) is 13.5. The average molecular weight is 389 g/mol. The Balaban J connectivity index is 1.47. The summed E-state index contributed by atoms with van der Waals surface area (Å²) < 4.78 is 28.8. The highest BCUT2D eigenvalue weighted by atomic mass is 19.2. The molecule has 1 aromatic heterocycles. The summed E-state index contributed by atoms with van der Waals surface area (Å²) in [5.74, 6) is -1.98. The molecule has 2 aliphatic rings. The van der Waals surface area contributed by atoms with Crippen LogP contribution in [0, 0.1) is 11.6 Å². The predicted molar refractivity (Wildman–Crippen MR) is 101 cm³/mol. The molecular formula is C20H25F2N5O.